The number of hydrogen-bond acceptors (Lipinski definition) is 4. The largest absolute Gasteiger partial charge is 0.296 e. The Bertz CT molecular complexity index is 2050. The maximum absolute atomic E-state index is 5.58. The van der Waals surface area contributed by atoms with Crippen molar-refractivity contribution in [1.82, 2.24) is 9.97 Å². The van der Waals surface area contributed by atoms with Crippen molar-refractivity contribution in [2.24, 2.45) is 0 Å². The van der Waals surface area contributed by atoms with E-state index in [9.17, 15) is 0 Å². The Balaban J connectivity index is 1.61. The van der Waals surface area contributed by atoms with Gasteiger partial charge in [0, 0.05) is 33.6 Å². The Hall–Kier alpha value is -4.38. The SMILES string of the molecule is CC(C)(C)c1ccc(N2c3ccc(C(C)(C)C)cc3B3c4cc(C(C)(C)C)ccc4N(c4ccc(C(C)(C)C)cc4)c4nc(C(C)(C)C)nc2c43)cc1. The average molecular weight is 703 g/mol. The summed E-state index contributed by atoms with van der Waals surface area (Å²) in [6.07, 6.45) is 0. The van der Waals surface area contributed by atoms with Gasteiger partial charge in [-0.2, -0.15) is 0 Å². The Kier molecular flexibility index (Phi) is 8.42. The zero-order chi connectivity index (χ0) is 38.6. The number of rotatable bonds is 2. The molecule has 0 unspecified atom stereocenters. The highest BCUT2D eigenvalue weighted by Gasteiger charge is 2.46. The molecular formula is C48H59BN4. The van der Waals surface area contributed by atoms with E-state index < -0.39 is 0 Å². The molecule has 0 saturated heterocycles. The molecule has 1 aromatic heterocycles. The van der Waals surface area contributed by atoms with Crippen LogP contribution in [0.25, 0.3) is 0 Å². The standard InChI is InChI=1S/C48H59BN4/c1-44(2,3)30-16-22-34(23-17-30)52-38-26-20-32(46(7,8)9)28-36(38)49-37-29-33(47(10,11)12)21-27-39(37)53(35-24-18-31(19-25-35)45(4,5)6)42-40(49)41(52)50-43(51-42)48(13,14)15/h16-29H,1-15H3. The minimum absolute atomic E-state index is 0.0183. The molecule has 5 aromatic rings. The van der Waals surface area contributed by atoms with Crippen LogP contribution >= 0.6 is 0 Å². The molecule has 53 heavy (non-hydrogen) atoms. The summed E-state index contributed by atoms with van der Waals surface area (Å²) in [6.45, 7) is 34.2. The second-order valence-corrected chi connectivity index (χ2v) is 20.6. The van der Waals surface area contributed by atoms with Crippen LogP contribution in [-0.4, -0.2) is 16.7 Å². The van der Waals surface area contributed by atoms with E-state index in [0.29, 0.717) is 0 Å². The van der Waals surface area contributed by atoms with Crippen molar-refractivity contribution in [2.75, 3.05) is 9.80 Å². The zero-order valence-electron chi connectivity index (χ0n) is 34.9. The molecule has 3 heterocycles. The first kappa shape index (κ1) is 37.0. The summed E-state index contributed by atoms with van der Waals surface area (Å²) >= 11 is 0. The normalized spacial score (nSPS) is 14.6. The van der Waals surface area contributed by atoms with Crippen LogP contribution in [0.1, 0.15) is 132 Å². The minimum atomic E-state index is -0.280. The van der Waals surface area contributed by atoms with Crippen LogP contribution in [0.15, 0.2) is 84.9 Å². The summed E-state index contributed by atoms with van der Waals surface area (Å²) in [5.74, 6) is 2.77. The van der Waals surface area contributed by atoms with Crippen molar-refractivity contribution in [3.63, 3.8) is 0 Å². The van der Waals surface area contributed by atoms with Crippen LogP contribution in [0.3, 0.4) is 0 Å². The summed E-state index contributed by atoms with van der Waals surface area (Å²) < 4.78 is 0. The molecule has 5 heteroatoms. The molecule has 0 bridgehead atoms. The molecule has 0 atom stereocenters. The Labute approximate surface area is 320 Å². The van der Waals surface area contributed by atoms with Gasteiger partial charge in [-0.3, -0.25) is 9.80 Å². The van der Waals surface area contributed by atoms with E-state index in [0.717, 1.165) is 34.3 Å². The van der Waals surface area contributed by atoms with Gasteiger partial charge < -0.3 is 0 Å². The van der Waals surface area contributed by atoms with Crippen LogP contribution in [0.4, 0.5) is 34.4 Å². The number of fused-ring (bicyclic) bond motifs is 4. The molecular weight excluding hydrogens is 643 g/mol. The zero-order valence-corrected chi connectivity index (χ0v) is 34.9. The van der Waals surface area contributed by atoms with Crippen LogP contribution in [0.5, 0.6) is 0 Å². The van der Waals surface area contributed by atoms with Crippen molar-refractivity contribution >= 4 is 57.5 Å². The van der Waals surface area contributed by atoms with Gasteiger partial charge >= 0.3 is 0 Å². The molecule has 0 radical (unpaired) electrons. The van der Waals surface area contributed by atoms with Gasteiger partial charge in [0.25, 0.3) is 6.71 Å². The van der Waals surface area contributed by atoms with E-state index in [1.807, 2.05) is 0 Å². The van der Waals surface area contributed by atoms with Crippen molar-refractivity contribution in [3.8, 4) is 0 Å². The lowest BCUT2D eigenvalue weighted by atomic mass is 9.33. The Morgan fingerprint density at radius 1 is 0.396 bits per heavy atom. The third-order valence-corrected chi connectivity index (χ3v) is 11.2. The monoisotopic (exact) mass is 702 g/mol. The highest BCUT2D eigenvalue weighted by atomic mass is 15.3. The quantitative estimate of drug-likeness (QED) is 0.168. The van der Waals surface area contributed by atoms with Crippen LogP contribution in [0.2, 0.25) is 0 Å². The Morgan fingerprint density at radius 2 is 0.717 bits per heavy atom. The number of anilines is 6. The van der Waals surface area contributed by atoms with Crippen molar-refractivity contribution in [1.29, 1.82) is 0 Å². The second kappa shape index (κ2) is 12.1. The third-order valence-electron chi connectivity index (χ3n) is 11.2. The first-order valence-electron chi connectivity index (χ1n) is 19.5. The predicted octanol–water partition coefficient (Wildman–Crippen LogP) is 11.0. The van der Waals surface area contributed by atoms with Gasteiger partial charge in [-0.15, -0.1) is 0 Å². The van der Waals surface area contributed by atoms with Crippen LogP contribution < -0.4 is 26.2 Å². The van der Waals surface area contributed by atoms with E-state index in [1.165, 1.54) is 44.6 Å². The molecule has 2 aliphatic heterocycles. The Morgan fingerprint density at radius 3 is 1.02 bits per heavy atom. The average Bonchev–Trinajstić information content (AvgIpc) is 3.05. The van der Waals surface area contributed by atoms with Gasteiger partial charge in [-0.1, -0.05) is 152 Å². The smallest absolute Gasteiger partial charge is 0.256 e. The van der Waals surface area contributed by atoms with Gasteiger partial charge in [0.15, 0.2) is 0 Å². The summed E-state index contributed by atoms with van der Waals surface area (Å²) in [7, 11) is 0. The molecule has 7 rings (SSSR count). The first-order chi connectivity index (χ1) is 24.4. The number of nitrogens with zero attached hydrogens (tertiary/aromatic N) is 4. The van der Waals surface area contributed by atoms with Gasteiger partial charge in [-0.25, -0.2) is 9.97 Å². The third kappa shape index (κ3) is 6.49. The number of benzene rings is 4. The molecule has 0 fully saturated rings. The van der Waals surface area contributed by atoms with Gasteiger partial charge in [-0.05, 0) is 91.2 Å². The number of aromatic nitrogens is 2. The molecule has 0 amide bonds. The van der Waals surface area contributed by atoms with E-state index in [2.05, 4.69) is 199 Å². The maximum atomic E-state index is 5.58. The van der Waals surface area contributed by atoms with Crippen molar-refractivity contribution in [3.05, 3.63) is 113 Å². The van der Waals surface area contributed by atoms with E-state index in [4.69, 9.17) is 9.97 Å². The van der Waals surface area contributed by atoms with Crippen LogP contribution in [0, 0.1) is 0 Å². The van der Waals surface area contributed by atoms with Gasteiger partial charge in [0.05, 0.1) is 0 Å². The fraction of sp³-hybridized carbons (Fsp3) is 0.417. The molecule has 0 aliphatic carbocycles. The van der Waals surface area contributed by atoms with Gasteiger partial charge in [0.2, 0.25) is 0 Å². The summed E-state index contributed by atoms with van der Waals surface area (Å²) in [5.41, 5.74) is 13.4. The lowest BCUT2D eigenvalue weighted by Gasteiger charge is -2.44. The molecule has 2 aliphatic rings. The second-order valence-electron chi connectivity index (χ2n) is 20.6. The summed E-state index contributed by atoms with van der Waals surface area (Å²) in [6, 6.07) is 32.6. The topological polar surface area (TPSA) is 32.3 Å². The highest BCUT2D eigenvalue weighted by molar-refractivity contribution is 7.00. The lowest BCUT2D eigenvalue weighted by molar-refractivity contribution is 0.546. The fourth-order valence-corrected chi connectivity index (χ4v) is 7.74. The maximum Gasteiger partial charge on any atom is 0.256 e. The molecule has 0 spiro atoms. The van der Waals surface area contributed by atoms with E-state index in [1.54, 1.807) is 0 Å². The molecule has 0 N–H and O–H groups in total. The number of hydrogen-bond donors (Lipinski definition) is 0. The van der Waals surface area contributed by atoms with Crippen LogP contribution in [-0.2, 0) is 27.1 Å². The predicted molar refractivity (Wildman–Crippen MR) is 230 cm³/mol. The van der Waals surface area contributed by atoms with E-state index in [-0.39, 0.29) is 33.8 Å². The minimum Gasteiger partial charge on any atom is -0.296 e. The van der Waals surface area contributed by atoms with Crippen molar-refractivity contribution in [2.45, 2.75) is 131 Å². The lowest BCUT2D eigenvalue weighted by Crippen LogP contribution is -2.62. The summed E-state index contributed by atoms with van der Waals surface area (Å²) in [5, 5.41) is 0. The first-order valence-corrected chi connectivity index (χ1v) is 19.5. The fourth-order valence-electron chi connectivity index (χ4n) is 7.74. The highest BCUT2D eigenvalue weighted by Crippen LogP contribution is 2.45. The molecule has 0 saturated carbocycles. The molecule has 274 valence electrons. The molecule has 4 nitrogen and oxygen atoms in total. The van der Waals surface area contributed by atoms with E-state index >= 15 is 0 Å². The van der Waals surface area contributed by atoms with Crippen molar-refractivity contribution < 1.29 is 0 Å². The molecule has 4 aromatic carbocycles. The van der Waals surface area contributed by atoms with Gasteiger partial charge in [0.1, 0.15) is 17.5 Å². The summed E-state index contributed by atoms with van der Waals surface area (Å²) in [4.78, 5) is 16.0.